The lowest BCUT2D eigenvalue weighted by molar-refractivity contribution is -0.140. The number of para-hydroxylation sites is 1. The van der Waals surface area contributed by atoms with Crippen molar-refractivity contribution in [2.45, 2.75) is 20.8 Å². The first kappa shape index (κ1) is 13.6. The molecule has 1 saturated carbocycles. The fourth-order valence-corrected chi connectivity index (χ4v) is 2.83. The molecule has 0 aliphatic heterocycles. The van der Waals surface area contributed by atoms with Gasteiger partial charge in [-0.05, 0) is 24.0 Å². The summed E-state index contributed by atoms with van der Waals surface area (Å²) in [6.45, 7) is 5.60. The highest BCUT2D eigenvalue weighted by atomic mass is 16.4. The molecule has 4 nitrogen and oxygen atoms in total. The van der Waals surface area contributed by atoms with Crippen molar-refractivity contribution < 1.29 is 14.7 Å². The lowest BCUT2D eigenvalue weighted by Crippen LogP contribution is -2.30. The Balaban J connectivity index is 2.23. The predicted molar refractivity (Wildman–Crippen MR) is 73.0 cm³/mol. The minimum atomic E-state index is -0.887. The van der Waals surface area contributed by atoms with E-state index in [0.717, 1.165) is 11.3 Å². The molecule has 1 amide bonds. The molecule has 1 aromatic carbocycles. The van der Waals surface area contributed by atoms with E-state index in [-0.39, 0.29) is 5.91 Å². The number of amides is 1. The fraction of sp³-hybridized carbons (Fsp3) is 0.467. The van der Waals surface area contributed by atoms with Crippen molar-refractivity contribution in [3.63, 3.8) is 0 Å². The second-order valence-electron chi connectivity index (χ2n) is 5.80. The maximum Gasteiger partial charge on any atom is 0.307 e. The summed E-state index contributed by atoms with van der Waals surface area (Å²) in [6, 6.07) is 7.60. The molecule has 0 spiro atoms. The molecule has 1 aliphatic rings. The van der Waals surface area contributed by atoms with Crippen molar-refractivity contribution >= 4 is 17.6 Å². The average molecular weight is 261 g/mol. The number of carboxylic acids is 1. The van der Waals surface area contributed by atoms with Crippen LogP contribution in [0.2, 0.25) is 0 Å². The topological polar surface area (TPSA) is 57.6 Å². The van der Waals surface area contributed by atoms with Crippen molar-refractivity contribution in [3.8, 4) is 0 Å². The molecule has 19 heavy (non-hydrogen) atoms. The lowest BCUT2D eigenvalue weighted by Gasteiger charge is -2.20. The molecule has 1 aromatic rings. The van der Waals surface area contributed by atoms with Crippen LogP contribution >= 0.6 is 0 Å². The summed E-state index contributed by atoms with van der Waals surface area (Å²) in [5.41, 5.74) is 1.38. The monoisotopic (exact) mass is 261 g/mol. The Labute approximate surface area is 113 Å². The Morgan fingerprint density at radius 2 is 1.79 bits per heavy atom. The predicted octanol–water partition coefficient (Wildman–Crippen LogP) is 2.31. The molecule has 1 fully saturated rings. The van der Waals surface area contributed by atoms with Crippen LogP contribution in [-0.2, 0) is 9.59 Å². The van der Waals surface area contributed by atoms with Gasteiger partial charge in [0.1, 0.15) is 0 Å². The van der Waals surface area contributed by atoms with Crippen LogP contribution in [-0.4, -0.2) is 24.0 Å². The van der Waals surface area contributed by atoms with Crippen LogP contribution in [0.4, 0.5) is 5.69 Å². The maximum atomic E-state index is 12.5. The third kappa shape index (κ3) is 2.11. The van der Waals surface area contributed by atoms with E-state index in [1.54, 1.807) is 11.9 Å². The van der Waals surface area contributed by atoms with E-state index in [1.165, 1.54) is 0 Å². The molecule has 2 rings (SSSR count). The minimum absolute atomic E-state index is 0.119. The van der Waals surface area contributed by atoms with Crippen LogP contribution in [0.1, 0.15) is 19.4 Å². The number of hydrogen-bond donors (Lipinski definition) is 1. The molecule has 102 valence electrons. The number of rotatable bonds is 3. The highest BCUT2D eigenvalue weighted by Gasteiger charge is 2.66. The van der Waals surface area contributed by atoms with Crippen molar-refractivity contribution in [2.75, 3.05) is 11.9 Å². The fourth-order valence-electron chi connectivity index (χ4n) is 2.83. The van der Waals surface area contributed by atoms with Crippen LogP contribution in [0.5, 0.6) is 0 Å². The van der Waals surface area contributed by atoms with Gasteiger partial charge in [0.05, 0.1) is 11.8 Å². The third-order valence-electron chi connectivity index (χ3n) is 4.17. The first-order chi connectivity index (χ1) is 8.78. The summed E-state index contributed by atoms with van der Waals surface area (Å²) < 4.78 is 0. The summed E-state index contributed by atoms with van der Waals surface area (Å²) in [4.78, 5) is 25.2. The molecular formula is C15H19NO3. The molecule has 1 N–H and O–H groups in total. The number of benzene rings is 1. The Morgan fingerprint density at radius 1 is 1.21 bits per heavy atom. The summed E-state index contributed by atoms with van der Waals surface area (Å²) in [6.07, 6.45) is 0. The Kier molecular flexibility index (Phi) is 3.12. The third-order valence-corrected chi connectivity index (χ3v) is 4.17. The first-order valence-electron chi connectivity index (χ1n) is 6.34. The molecular weight excluding hydrogens is 242 g/mol. The zero-order chi connectivity index (χ0) is 14.4. The Morgan fingerprint density at radius 3 is 2.26 bits per heavy atom. The van der Waals surface area contributed by atoms with Gasteiger partial charge in [-0.25, -0.2) is 0 Å². The van der Waals surface area contributed by atoms with E-state index in [1.807, 2.05) is 45.0 Å². The van der Waals surface area contributed by atoms with Crippen molar-refractivity contribution in [2.24, 2.45) is 17.3 Å². The van der Waals surface area contributed by atoms with Gasteiger partial charge in [-0.1, -0.05) is 32.0 Å². The average Bonchev–Trinajstić information content (AvgIpc) is 2.91. The minimum Gasteiger partial charge on any atom is -0.481 e. The largest absolute Gasteiger partial charge is 0.481 e. The molecule has 0 aromatic heterocycles. The smallest absolute Gasteiger partial charge is 0.307 e. The Bertz CT molecular complexity index is 536. The normalized spacial score (nSPS) is 23.8. The van der Waals surface area contributed by atoms with Crippen molar-refractivity contribution in [3.05, 3.63) is 29.8 Å². The van der Waals surface area contributed by atoms with E-state index in [9.17, 15) is 9.59 Å². The number of carboxylic acid groups (broad SMARTS) is 1. The van der Waals surface area contributed by atoms with Gasteiger partial charge in [-0.2, -0.15) is 0 Å². The number of hydrogen-bond acceptors (Lipinski definition) is 2. The SMILES string of the molecule is Cc1ccccc1N(C)C(=O)[C@H]1[C@@H](C(=O)O)C1(C)C. The summed E-state index contributed by atoms with van der Waals surface area (Å²) >= 11 is 0. The number of aryl methyl sites for hydroxylation is 1. The highest BCUT2D eigenvalue weighted by molar-refractivity contribution is 6.01. The van der Waals surface area contributed by atoms with Crippen LogP contribution < -0.4 is 4.90 Å². The standard InChI is InChI=1S/C15H19NO3/c1-9-7-5-6-8-10(9)16(4)13(17)11-12(14(18)19)15(11,2)3/h5-8,11-12H,1-4H3,(H,18,19)/t11-,12+/m1/s1. The van der Waals surface area contributed by atoms with Gasteiger partial charge in [-0.15, -0.1) is 0 Å². The number of anilines is 1. The lowest BCUT2D eigenvalue weighted by atomic mass is 10.1. The second kappa shape index (κ2) is 4.37. The van der Waals surface area contributed by atoms with Gasteiger partial charge in [0.15, 0.2) is 0 Å². The number of aliphatic carboxylic acids is 1. The number of carbonyl (C=O) groups excluding carboxylic acids is 1. The summed E-state index contributed by atoms with van der Waals surface area (Å²) in [7, 11) is 1.71. The number of carbonyl (C=O) groups is 2. The number of nitrogens with zero attached hydrogens (tertiary/aromatic N) is 1. The summed E-state index contributed by atoms with van der Waals surface area (Å²) in [5.74, 6) is -2.02. The molecule has 4 heteroatoms. The van der Waals surface area contributed by atoms with Crippen LogP contribution in [0.15, 0.2) is 24.3 Å². The molecule has 2 atom stereocenters. The zero-order valence-corrected chi connectivity index (χ0v) is 11.7. The van der Waals surface area contributed by atoms with E-state index in [2.05, 4.69) is 0 Å². The molecule has 0 saturated heterocycles. The van der Waals surface area contributed by atoms with E-state index in [0.29, 0.717) is 0 Å². The molecule has 0 heterocycles. The zero-order valence-electron chi connectivity index (χ0n) is 11.7. The van der Waals surface area contributed by atoms with E-state index in [4.69, 9.17) is 5.11 Å². The van der Waals surface area contributed by atoms with Gasteiger partial charge in [0.25, 0.3) is 0 Å². The highest BCUT2D eigenvalue weighted by Crippen LogP contribution is 2.59. The van der Waals surface area contributed by atoms with Gasteiger partial charge in [0, 0.05) is 12.7 Å². The molecule has 0 unspecified atom stereocenters. The first-order valence-corrected chi connectivity index (χ1v) is 6.34. The van der Waals surface area contributed by atoms with Gasteiger partial charge in [-0.3, -0.25) is 9.59 Å². The van der Waals surface area contributed by atoms with Gasteiger partial charge < -0.3 is 10.0 Å². The maximum absolute atomic E-state index is 12.5. The Hall–Kier alpha value is -1.84. The van der Waals surface area contributed by atoms with E-state index >= 15 is 0 Å². The van der Waals surface area contributed by atoms with Crippen molar-refractivity contribution in [1.82, 2.24) is 0 Å². The van der Waals surface area contributed by atoms with Gasteiger partial charge in [0.2, 0.25) is 5.91 Å². The van der Waals surface area contributed by atoms with Crippen molar-refractivity contribution in [1.29, 1.82) is 0 Å². The van der Waals surface area contributed by atoms with Crippen LogP contribution in [0.25, 0.3) is 0 Å². The molecule has 0 radical (unpaired) electrons. The van der Waals surface area contributed by atoms with Crippen LogP contribution in [0, 0.1) is 24.2 Å². The quantitative estimate of drug-likeness (QED) is 0.908. The second-order valence-corrected chi connectivity index (χ2v) is 5.80. The summed E-state index contributed by atoms with van der Waals surface area (Å²) in [5, 5.41) is 9.14. The van der Waals surface area contributed by atoms with E-state index < -0.39 is 23.2 Å². The molecule has 1 aliphatic carbocycles. The molecule has 0 bridgehead atoms. The van der Waals surface area contributed by atoms with Crippen LogP contribution in [0.3, 0.4) is 0 Å². The van der Waals surface area contributed by atoms with Gasteiger partial charge >= 0.3 is 5.97 Å².